The third kappa shape index (κ3) is 6.51. The van der Waals surface area contributed by atoms with Gasteiger partial charge in [0.25, 0.3) is 5.08 Å². The van der Waals surface area contributed by atoms with Crippen LogP contribution >= 0.6 is 16.1 Å². The number of hydrogen-bond donors (Lipinski definition) is 3. The molecular weight excluding hydrogens is 432 g/mol. The van der Waals surface area contributed by atoms with Gasteiger partial charge in [0.2, 0.25) is 8.46 Å². The van der Waals surface area contributed by atoms with E-state index in [1.807, 2.05) is 13.8 Å². The standard InChI is InChI=1S/C19H23NO8P2/c1-13(2)10-17(21)27-16-7-5-15(6-8-16)18(22)28-30(25,26)19(23,29-24)11-14-4-3-9-20-12-14/h3-9,12-13,18,22-23H,10-11H2,1-2H3,(H,25,26). The van der Waals surface area contributed by atoms with E-state index >= 15 is 0 Å². The van der Waals surface area contributed by atoms with Crippen molar-refractivity contribution in [1.29, 1.82) is 0 Å². The van der Waals surface area contributed by atoms with E-state index in [0.29, 0.717) is 5.56 Å². The maximum atomic E-state index is 12.6. The minimum absolute atomic E-state index is 0.0687. The van der Waals surface area contributed by atoms with Crippen molar-refractivity contribution in [2.45, 2.75) is 38.1 Å². The first kappa shape index (κ1) is 24.3. The van der Waals surface area contributed by atoms with Gasteiger partial charge in [-0.2, -0.15) is 0 Å². The molecule has 162 valence electrons. The van der Waals surface area contributed by atoms with Gasteiger partial charge >= 0.3 is 13.6 Å². The molecule has 3 unspecified atom stereocenters. The van der Waals surface area contributed by atoms with Gasteiger partial charge in [-0.15, -0.1) is 0 Å². The first-order chi connectivity index (χ1) is 14.1. The third-order valence-electron chi connectivity index (χ3n) is 3.98. The molecule has 0 spiro atoms. The molecule has 0 aliphatic carbocycles. The Morgan fingerprint density at radius 1 is 1.27 bits per heavy atom. The van der Waals surface area contributed by atoms with Crippen LogP contribution in [0.15, 0.2) is 48.8 Å². The highest BCUT2D eigenvalue weighted by molar-refractivity contribution is 7.63. The number of aliphatic hydroxyl groups is 2. The van der Waals surface area contributed by atoms with Crippen LogP contribution in [0, 0.1) is 5.92 Å². The number of esters is 1. The van der Waals surface area contributed by atoms with E-state index in [1.54, 1.807) is 6.07 Å². The maximum Gasteiger partial charge on any atom is 0.374 e. The number of ether oxygens (including phenoxy) is 1. The highest BCUT2D eigenvalue weighted by Crippen LogP contribution is 2.62. The fourth-order valence-corrected chi connectivity index (χ4v) is 4.19. The lowest BCUT2D eigenvalue weighted by Gasteiger charge is -2.27. The average Bonchev–Trinajstić information content (AvgIpc) is 2.68. The summed E-state index contributed by atoms with van der Waals surface area (Å²) in [5.41, 5.74) is 0.419. The second-order valence-corrected chi connectivity index (χ2v) is 10.3. The molecule has 2 aromatic rings. The summed E-state index contributed by atoms with van der Waals surface area (Å²) in [6.07, 6.45) is 0.664. The van der Waals surface area contributed by atoms with Crippen molar-refractivity contribution in [3.8, 4) is 5.75 Å². The van der Waals surface area contributed by atoms with Crippen LogP contribution < -0.4 is 4.74 Å². The monoisotopic (exact) mass is 455 g/mol. The molecule has 9 nitrogen and oxygen atoms in total. The van der Waals surface area contributed by atoms with E-state index in [1.165, 1.54) is 42.7 Å². The minimum atomic E-state index is -4.98. The largest absolute Gasteiger partial charge is 0.427 e. The van der Waals surface area contributed by atoms with Gasteiger partial charge < -0.3 is 19.8 Å². The summed E-state index contributed by atoms with van der Waals surface area (Å²) in [5, 5.41) is 18.0. The van der Waals surface area contributed by atoms with Crippen molar-refractivity contribution < 1.29 is 38.3 Å². The molecule has 3 N–H and O–H groups in total. The second kappa shape index (κ2) is 10.4. The van der Waals surface area contributed by atoms with Crippen molar-refractivity contribution in [2.24, 2.45) is 5.92 Å². The van der Waals surface area contributed by atoms with Crippen LogP contribution in [0.25, 0.3) is 0 Å². The molecule has 30 heavy (non-hydrogen) atoms. The Bertz CT molecular complexity index is 907. The molecule has 2 rings (SSSR count). The summed E-state index contributed by atoms with van der Waals surface area (Å²) in [6.45, 7) is 3.75. The molecule has 11 heteroatoms. The molecule has 0 aliphatic heterocycles. The van der Waals surface area contributed by atoms with Crippen LogP contribution in [-0.4, -0.2) is 31.1 Å². The fraction of sp³-hybridized carbons (Fsp3) is 0.368. The average molecular weight is 455 g/mol. The Hall–Kier alpha value is -1.99. The Morgan fingerprint density at radius 2 is 1.93 bits per heavy atom. The first-order valence-electron chi connectivity index (χ1n) is 9.02. The molecule has 1 aromatic carbocycles. The zero-order valence-electron chi connectivity index (χ0n) is 16.4. The SMILES string of the molecule is CC(C)CC(=O)Oc1ccc(C(O)OP(=O)(O)C(O)(Cc2cccnc2)P=O)cc1. The predicted octanol–water partition coefficient (Wildman–Crippen LogP) is 3.41. The number of pyridine rings is 1. The first-order valence-corrected chi connectivity index (χ1v) is 11.4. The highest BCUT2D eigenvalue weighted by Gasteiger charge is 2.50. The Balaban J connectivity index is 2.09. The van der Waals surface area contributed by atoms with E-state index in [4.69, 9.17) is 9.26 Å². The zero-order chi connectivity index (χ0) is 22.4. The summed E-state index contributed by atoms with van der Waals surface area (Å²) in [4.78, 5) is 25.7. The minimum Gasteiger partial charge on any atom is -0.427 e. The van der Waals surface area contributed by atoms with Crippen molar-refractivity contribution in [1.82, 2.24) is 4.98 Å². The molecule has 0 fully saturated rings. The summed E-state index contributed by atoms with van der Waals surface area (Å²) in [7, 11) is -6.04. The van der Waals surface area contributed by atoms with Crippen LogP contribution in [0.4, 0.5) is 0 Å². The Kier molecular flexibility index (Phi) is 8.38. The lowest BCUT2D eigenvalue weighted by molar-refractivity contribution is -0.135. The van der Waals surface area contributed by atoms with Gasteiger partial charge in [0.1, 0.15) is 5.75 Å². The number of hydrogen-bond acceptors (Lipinski definition) is 8. The van der Waals surface area contributed by atoms with Gasteiger partial charge in [0.05, 0.1) is 0 Å². The fourth-order valence-electron chi connectivity index (χ4n) is 2.45. The van der Waals surface area contributed by atoms with Crippen LogP contribution in [0.5, 0.6) is 5.75 Å². The molecule has 1 aromatic heterocycles. The summed E-state index contributed by atoms with van der Waals surface area (Å²) in [5.74, 6) is -0.0457. The topological polar surface area (TPSA) is 143 Å². The predicted molar refractivity (Wildman–Crippen MR) is 108 cm³/mol. The van der Waals surface area contributed by atoms with Crippen molar-refractivity contribution >= 4 is 22.0 Å². The number of aromatic nitrogens is 1. The van der Waals surface area contributed by atoms with Gasteiger partial charge in [-0.25, -0.2) is 0 Å². The van der Waals surface area contributed by atoms with Gasteiger partial charge in [-0.05, 0) is 29.7 Å². The Labute approximate surface area is 175 Å². The van der Waals surface area contributed by atoms with Crippen LogP contribution in [0.1, 0.15) is 37.7 Å². The third-order valence-corrected chi connectivity index (χ3v) is 6.98. The molecule has 3 atom stereocenters. The molecule has 0 bridgehead atoms. The summed E-state index contributed by atoms with van der Waals surface area (Å²) < 4.78 is 34.1. The van der Waals surface area contributed by atoms with Crippen molar-refractivity contribution in [3.63, 3.8) is 0 Å². The van der Waals surface area contributed by atoms with Gasteiger partial charge in [0, 0.05) is 30.8 Å². The molecule has 0 radical (unpaired) electrons. The number of benzene rings is 1. The molecular formula is C19H23NO8P2. The smallest absolute Gasteiger partial charge is 0.374 e. The van der Waals surface area contributed by atoms with Crippen LogP contribution in [0.2, 0.25) is 0 Å². The van der Waals surface area contributed by atoms with Crippen LogP contribution in [-0.2, 0) is 24.9 Å². The zero-order valence-corrected chi connectivity index (χ0v) is 18.2. The van der Waals surface area contributed by atoms with E-state index in [0.717, 1.165) is 0 Å². The van der Waals surface area contributed by atoms with Crippen molar-refractivity contribution in [3.05, 3.63) is 59.9 Å². The van der Waals surface area contributed by atoms with E-state index in [9.17, 15) is 29.0 Å². The molecule has 0 saturated carbocycles. The second-order valence-electron chi connectivity index (χ2n) is 7.02. The number of nitrogens with zero attached hydrogens (tertiary/aromatic N) is 1. The molecule has 0 aliphatic rings. The lowest BCUT2D eigenvalue weighted by atomic mass is 10.1. The lowest BCUT2D eigenvalue weighted by Crippen LogP contribution is -2.26. The van der Waals surface area contributed by atoms with E-state index < -0.39 is 39.8 Å². The number of carbonyl (C=O) groups excluding carboxylic acids is 1. The molecule has 0 amide bonds. The van der Waals surface area contributed by atoms with E-state index in [2.05, 4.69) is 4.98 Å². The quantitative estimate of drug-likeness (QED) is 0.212. The normalized spacial score (nSPS) is 16.6. The summed E-state index contributed by atoms with van der Waals surface area (Å²) in [6, 6.07) is 8.51. The van der Waals surface area contributed by atoms with Crippen molar-refractivity contribution in [2.75, 3.05) is 0 Å². The van der Waals surface area contributed by atoms with E-state index in [-0.39, 0.29) is 23.7 Å². The number of carbonyl (C=O) groups is 1. The van der Waals surface area contributed by atoms with Gasteiger partial charge in [0.15, 0.2) is 6.29 Å². The van der Waals surface area contributed by atoms with Gasteiger partial charge in [-0.3, -0.25) is 23.4 Å². The Morgan fingerprint density at radius 3 is 2.47 bits per heavy atom. The van der Waals surface area contributed by atoms with Crippen LogP contribution in [0.3, 0.4) is 0 Å². The molecule has 1 heterocycles. The summed E-state index contributed by atoms with van der Waals surface area (Å²) >= 11 is 0. The maximum absolute atomic E-state index is 12.6. The van der Waals surface area contributed by atoms with Gasteiger partial charge in [-0.1, -0.05) is 32.0 Å². The number of aliphatic hydroxyl groups excluding tert-OH is 1. The highest BCUT2D eigenvalue weighted by atomic mass is 31.2. The molecule has 0 saturated heterocycles. The number of rotatable bonds is 10.